The zero-order valence-corrected chi connectivity index (χ0v) is 55.9. The highest BCUT2D eigenvalue weighted by Crippen LogP contribution is 2.54. The van der Waals surface area contributed by atoms with Crippen LogP contribution in [0.5, 0.6) is 58.0 Å². The van der Waals surface area contributed by atoms with Gasteiger partial charge < -0.3 is 48.8 Å². The molecule has 0 fully saturated rings. The lowest BCUT2D eigenvalue weighted by Crippen LogP contribution is -2.13. The number of aromatic hydroxyl groups is 4. The first-order valence-corrected chi connectivity index (χ1v) is 32.2. The summed E-state index contributed by atoms with van der Waals surface area (Å²) in [5.74, 6) is -21.4. The molecule has 0 saturated carbocycles. The monoisotopic (exact) mass is 1470 g/mol. The molecule has 2 atom stereocenters. The molecule has 0 radical (unpaired) electrons. The Morgan fingerprint density at radius 2 is 0.667 bits per heavy atom. The predicted octanol–water partition coefficient (Wildman–Crippen LogP) is 17.0. The number of benzene rings is 10. The highest BCUT2D eigenvalue weighted by atomic mass is 19.2. The maximum atomic E-state index is 14.3. The molecule has 12 rings (SSSR count). The second-order valence-electron chi connectivity index (χ2n) is 23.8. The number of nitrogens with zero attached hydrogens (tertiary/aromatic N) is 2. The molecule has 0 aliphatic rings. The molecule has 2 unspecified atom stereocenters. The fourth-order valence-electron chi connectivity index (χ4n) is 11.5. The van der Waals surface area contributed by atoms with Crippen molar-refractivity contribution in [1.82, 2.24) is 9.13 Å². The van der Waals surface area contributed by atoms with Gasteiger partial charge in [0.25, 0.3) is 0 Å². The van der Waals surface area contributed by atoms with E-state index in [1.165, 1.54) is 165 Å². The predicted molar refractivity (Wildman–Crippen MR) is 372 cm³/mol. The molecule has 0 aliphatic carbocycles. The van der Waals surface area contributed by atoms with Crippen molar-refractivity contribution in [2.45, 2.75) is 25.7 Å². The number of hydrogen-bond acceptors (Lipinski definition) is 16. The maximum Gasteiger partial charge on any atom is 0.349 e. The Balaban J connectivity index is 0.882. The van der Waals surface area contributed by atoms with E-state index in [2.05, 4.69) is 0 Å². The third-order valence-electron chi connectivity index (χ3n) is 16.9. The summed E-state index contributed by atoms with van der Waals surface area (Å²) in [5.41, 5.74) is -1.28. The van der Waals surface area contributed by atoms with Crippen molar-refractivity contribution in [2.24, 2.45) is 0 Å². The van der Waals surface area contributed by atoms with E-state index in [4.69, 9.17) is 28.4 Å². The second kappa shape index (κ2) is 31.3. The minimum absolute atomic E-state index is 0.0105. The van der Waals surface area contributed by atoms with E-state index in [0.717, 1.165) is 81.9 Å². The average molecular weight is 1470 g/mol. The number of carbonyl (C=O) groups excluding carboxylic acids is 6. The van der Waals surface area contributed by atoms with Crippen LogP contribution in [-0.4, -0.2) is 65.4 Å². The van der Waals surface area contributed by atoms with Crippen LogP contribution >= 0.6 is 0 Å². The highest BCUT2D eigenvalue weighted by Gasteiger charge is 2.39. The molecule has 26 heteroatoms. The van der Waals surface area contributed by atoms with E-state index in [1.807, 2.05) is 0 Å². The zero-order chi connectivity index (χ0) is 76.8. The van der Waals surface area contributed by atoms with Gasteiger partial charge in [-0.25, -0.2) is 63.9 Å². The molecule has 0 saturated heterocycles. The van der Waals surface area contributed by atoms with Gasteiger partial charge in [0.15, 0.2) is 23.3 Å². The van der Waals surface area contributed by atoms with Crippen LogP contribution in [-0.2, 0) is 9.59 Å². The van der Waals surface area contributed by atoms with Crippen molar-refractivity contribution in [3.8, 4) is 69.4 Å². The molecule has 0 aliphatic heterocycles. The zero-order valence-electron chi connectivity index (χ0n) is 55.9. The lowest BCUT2D eigenvalue weighted by molar-refractivity contribution is -0.129. The SMILES string of the molecule is Cc1c(C(c2ccc(OC(=O)C=Cc3ccc(OC(=O)c4c(F)cccc4F)cc3)cc2)c2c(C(C)c3ccc(OC(=O)c4ccc(F)c(F)c4)cc3)c(O)n(-c3ccc(OC(=O)c4ccc(F)c(F)c4)cc3)c2O)c(O)n(-c2ccc(OC(=O)C=Cc3ccc(OC(=O)c4c(F)cccc4F)cc3)cc2)c1O. The fraction of sp³-hybridized carbons (Fsp3) is 0.0488. The summed E-state index contributed by atoms with van der Waals surface area (Å²) in [6, 6.07) is 43.6. The summed E-state index contributed by atoms with van der Waals surface area (Å²) < 4.78 is 147. The van der Waals surface area contributed by atoms with Gasteiger partial charge >= 0.3 is 35.8 Å². The first kappa shape index (κ1) is 73.5. The van der Waals surface area contributed by atoms with Gasteiger partial charge in [0.05, 0.1) is 22.5 Å². The standard InChI is InChI=1S/C82H52F8N2O16/c1-43(47-15-29-57(30-16-47)105-79(99)49-19-37-59(83)65(89)41-49)69-74(78(98)92(76(69)96)52-23-35-58(36-24-52)106-80(100)50-20-38-60(84)66(90)42-50)71(48-17-31-53(32-18-48)103-67(93)39-13-45-9-25-55(26-10-45)107-81(101)72-61(85)5-3-6-62(72)86)70-44(2)75(95)91(77(70)97)51-21-33-54(34-22-51)104-68(94)40-14-46-11-27-56(28-12-46)108-82(102)73-63(87)7-4-8-64(73)88/h3-43,71,95-98H,1-2H3. The van der Waals surface area contributed by atoms with Crippen LogP contribution < -0.4 is 28.4 Å². The summed E-state index contributed by atoms with van der Waals surface area (Å²) in [4.78, 5) is 77.9. The smallest absolute Gasteiger partial charge is 0.349 e. The van der Waals surface area contributed by atoms with Gasteiger partial charge in [0.2, 0.25) is 23.5 Å². The van der Waals surface area contributed by atoms with Crippen LogP contribution in [0.4, 0.5) is 35.1 Å². The molecule has 18 nitrogen and oxygen atoms in total. The van der Waals surface area contributed by atoms with Crippen LogP contribution in [0.2, 0.25) is 0 Å². The number of carbonyl (C=O) groups is 6. The maximum absolute atomic E-state index is 14.3. The number of ether oxygens (including phenoxy) is 6. The normalized spacial score (nSPS) is 11.8. The van der Waals surface area contributed by atoms with E-state index in [9.17, 15) is 84.3 Å². The second-order valence-corrected chi connectivity index (χ2v) is 23.8. The van der Waals surface area contributed by atoms with Gasteiger partial charge in [-0.1, -0.05) is 67.6 Å². The summed E-state index contributed by atoms with van der Waals surface area (Å²) in [6.07, 6.45) is 4.85. The lowest BCUT2D eigenvalue weighted by Gasteiger charge is -2.23. The van der Waals surface area contributed by atoms with E-state index in [-0.39, 0.29) is 84.8 Å². The van der Waals surface area contributed by atoms with Gasteiger partial charge in [0.1, 0.15) is 68.9 Å². The highest BCUT2D eigenvalue weighted by molar-refractivity contribution is 5.94. The number of esters is 6. The molecule has 0 amide bonds. The Bertz CT molecular complexity index is 5530. The minimum Gasteiger partial charge on any atom is -0.494 e. The number of hydrogen-bond donors (Lipinski definition) is 4. The Morgan fingerprint density at radius 1 is 0.343 bits per heavy atom. The van der Waals surface area contributed by atoms with Crippen molar-refractivity contribution >= 4 is 48.0 Å². The largest absolute Gasteiger partial charge is 0.494 e. The minimum atomic E-state index is -1.48. The van der Waals surface area contributed by atoms with Crippen molar-refractivity contribution in [1.29, 1.82) is 0 Å². The third-order valence-corrected chi connectivity index (χ3v) is 16.9. The van der Waals surface area contributed by atoms with Crippen molar-refractivity contribution in [2.75, 3.05) is 0 Å². The summed E-state index contributed by atoms with van der Waals surface area (Å²) in [5, 5.41) is 50.9. The van der Waals surface area contributed by atoms with E-state index >= 15 is 0 Å². The number of halogens is 8. The van der Waals surface area contributed by atoms with E-state index in [0.29, 0.717) is 28.8 Å². The first-order chi connectivity index (χ1) is 51.8. The molecule has 0 bridgehead atoms. The quantitative estimate of drug-likeness (QED) is 0.0226. The van der Waals surface area contributed by atoms with Crippen LogP contribution in [0.15, 0.2) is 231 Å². The fourth-order valence-corrected chi connectivity index (χ4v) is 11.5. The summed E-state index contributed by atoms with van der Waals surface area (Å²) in [7, 11) is 0. The van der Waals surface area contributed by atoms with Crippen LogP contribution in [0.25, 0.3) is 23.5 Å². The van der Waals surface area contributed by atoms with Crippen LogP contribution in [0, 0.1) is 53.5 Å². The van der Waals surface area contributed by atoms with Crippen molar-refractivity contribution in [3.05, 3.63) is 344 Å². The van der Waals surface area contributed by atoms with Gasteiger partial charge in [-0.15, -0.1) is 0 Å². The van der Waals surface area contributed by atoms with Crippen molar-refractivity contribution < 1.29 is 113 Å². The Kier molecular flexibility index (Phi) is 21.3. The van der Waals surface area contributed by atoms with Gasteiger partial charge in [-0.05, 0) is 199 Å². The number of aromatic nitrogens is 2. The molecular weight excluding hydrogens is 1420 g/mol. The Hall–Kier alpha value is -14.3. The van der Waals surface area contributed by atoms with Gasteiger partial charge in [-0.2, -0.15) is 0 Å². The van der Waals surface area contributed by atoms with Gasteiger partial charge in [-0.3, -0.25) is 9.13 Å². The summed E-state index contributed by atoms with van der Waals surface area (Å²) >= 11 is 0. The van der Waals surface area contributed by atoms with E-state index < -0.39 is 129 Å². The van der Waals surface area contributed by atoms with Crippen molar-refractivity contribution in [3.63, 3.8) is 0 Å². The van der Waals surface area contributed by atoms with Crippen LogP contribution in [0.1, 0.15) is 105 Å². The lowest BCUT2D eigenvalue weighted by atomic mass is 9.80. The molecule has 12 aromatic rings. The molecule has 108 heavy (non-hydrogen) atoms. The Labute approximate surface area is 606 Å². The molecule has 2 heterocycles. The molecule has 10 aromatic carbocycles. The molecule has 2 aromatic heterocycles. The van der Waals surface area contributed by atoms with E-state index in [1.54, 1.807) is 6.92 Å². The molecule has 4 N–H and O–H groups in total. The summed E-state index contributed by atoms with van der Waals surface area (Å²) in [6.45, 7) is 3.06. The molecule has 0 spiro atoms. The molecular formula is C82H52F8N2O16. The average Bonchev–Trinajstić information content (AvgIpc) is 1.57. The first-order valence-electron chi connectivity index (χ1n) is 32.2. The molecule has 542 valence electrons. The third kappa shape index (κ3) is 15.9. The van der Waals surface area contributed by atoms with Crippen LogP contribution in [0.3, 0.4) is 0 Å². The topological polar surface area (TPSA) is 249 Å². The Morgan fingerprint density at radius 3 is 1.06 bits per heavy atom. The number of rotatable bonds is 21. The van der Waals surface area contributed by atoms with Gasteiger partial charge in [0, 0.05) is 46.2 Å².